The fraction of sp³-hybridized carbons (Fsp3) is 0.0833. The van der Waals surface area contributed by atoms with E-state index in [-0.39, 0.29) is 17.9 Å². The maximum absolute atomic E-state index is 11.9. The molecule has 7 heteroatoms. The number of anilines is 1. The molecule has 0 bridgehead atoms. The van der Waals surface area contributed by atoms with Crippen molar-refractivity contribution >= 4 is 56.8 Å². The summed E-state index contributed by atoms with van der Waals surface area (Å²) < 4.78 is 2.89. The number of carbonyl (C=O) groups excluding carboxylic acids is 1. The molecule has 0 spiro atoms. The predicted octanol–water partition coefficient (Wildman–Crippen LogP) is 2.09. The van der Waals surface area contributed by atoms with Crippen LogP contribution < -0.4 is 10.7 Å². The number of hydrogen-bond donors (Lipinski definition) is 1. The Morgan fingerprint density at radius 3 is 2.37 bits per heavy atom. The second kappa shape index (κ2) is 6.46. The van der Waals surface area contributed by atoms with Gasteiger partial charge in [-0.2, -0.15) is 0 Å². The van der Waals surface area contributed by atoms with Gasteiger partial charge in [0.25, 0.3) is 0 Å². The Labute approximate surface area is 136 Å². The molecule has 1 N–H and O–H groups in total. The average Bonchev–Trinajstić information content (AvgIpc) is 2.37. The van der Waals surface area contributed by atoms with E-state index < -0.39 is 0 Å². The lowest BCUT2D eigenvalue weighted by Crippen LogP contribution is -2.21. The zero-order chi connectivity index (χ0) is 13.8. The highest BCUT2D eigenvalue weighted by Gasteiger charge is 2.06. The quantitative estimate of drug-likeness (QED) is 0.684. The van der Waals surface area contributed by atoms with E-state index in [9.17, 15) is 9.59 Å². The van der Waals surface area contributed by atoms with Crippen LogP contribution in [0.25, 0.3) is 0 Å². The number of rotatable bonds is 3. The zero-order valence-electron chi connectivity index (χ0n) is 9.64. The Morgan fingerprint density at radius 2 is 1.79 bits per heavy atom. The summed E-state index contributed by atoms with van der Waals surface area (Å²) in [6.45, 7) is 0.161. The number of aromatic nitrogens is 2. The van der Waals surface area contributed by atoms with Crippen molar-refractivity contribution in [1.82, 2.24) is 9.55 Å². The molecule has 1 amide bonds. The van der Waals surface area contributed by atoms with Gasteiger partial charge in [-0.3, -0.25) is 14.6 Å². The summed E-state index contributed by atoms with van der Waals surface area (Å²) in [5.74, 6) is -0.151. The third-order valence-corrected chi connectivity index (χ3v) is 3.82. The number of hydrogen-bond acceptors (Lipinski definition) is 3. The lowest BCUT2D eigenvalue weighted by atomic mass is 10.4. The molecule has 2 aromatic rings. The molecule has 2 aromatic heterocycles. The van der Waals surface area contributed by atoms with Gasteiger partial charge < -0.3 is 9.88 Å². The van der Waals surface area contributed by atoms with Crippen LogP contribution in [0.15, 0.2) is 41.7 Å². The van der Waals surface area contributed by atoms with Crippen molar-refractivity contribution < 1.29 is 4.79 Å². The molecule has 2 heterocycles. The topological polar surface area (TPSA) is 64.0 Å². The molecule has 0 aromatic carbocycles. The van der Waals surface area contributed by atoms with Gasteiger partial charge in [0.2, 0.25) is 11.3 Å². The average molecular weight is 481 g/mol. The summed E-state index contributed by atoms with van der Waals surface area (Å²) in [4.78, 5) is 27.3. The van der Waals surface area contributed by atoms with Gasteiger partial charge in [0, 0.05) is 30.5 Å². The SMILES string of the molecule is O=C(Cn1cc(I)c(=O)c(I)c1)Nc1ccncc1. The molecule has 2 rings (SSSR count). The van der Waals surface area contributed by atoms with Crippen molar-refractivity contribution in [2.24, 2.45) is 0 Å². The lowest BCUT2D eigenvalue weighted by molar-refractivity contribution is -0.116. The number of nitrogens with zero attached hydrogens (tertiary/aromatic N) is 2. The summed E-state index contributed by atoms with van der Waals surface area (Å²) >= 11 is 3.94. The van der Waals surface area contributed by atoms with E-state index in [0.717, 1.165) is 0 Å². The monoisotopic (exact) mass is 481 g/mol. The minimum Gasteiger partial charge on any atom is -0.343 e. The molecular formula is C12H9I2N3O2. The van der Waals surface area contributed by atoms with Crippen molar-refractivity contribution in [2.75, 3.05) is 5.32 Å². The molecular weight excluding hydrogens is 472 g/mol. The van der Waals surface area contributed by atoms with Gasteiger partial charge in [0.15, 0.2) is 0 Å². The van der Waals surface area contributed by atoms with E-state index in [2.05, 4.69) is 10.3 Å². The fourth-order valence-electron chi connectivity index (χ4n) is 1.45. The maximum Gasteiger partial charge on any atom is 0.244 e. The van der Waals surface area contributed by atoms with Crippen LogP contribution in [-0.4, -0.2) is 15.5 Å². The van der Waals surface area contributed by atoms with Crippen LogP contribution in [0.1, 0.15) is 0 Å². The van der Waals surface area contributed by atoms with Crippen LogP contribution >= 0.6 is 45.2 Å². The first-order valence-corrected chi connectivity index (χ1v) is 7.47. The first-order chi connectivity index (χ1) is 9.06. The predicted molar refractivity (Wildman–Crippen MR) is 89.0 cm³/mol. The molecule has 0 aliphatic heterocycles. The third-order valence-electron chi connectivity index (χ3n) is 2.28. The molecule has 0 radical (unpaired) electrons. The molecule has 0 unspecified atom stereocenters. The third kappa shape index (κ3) is 4.00. The number of carbonyl (C=O) groups is 1. The molecule has 0 atom stereocenters. The second-order valence-corrected chi connectivity index (χ2v) is 6.06. The Balaban J connectivity index is 2.09. The smallest absolute Gasteiger partial charge is 0.244 e. The molecule has 5 nitrogen and oxygen atoms in total. The Morgan fingerprint density at radius 1 is 1.21 bits per heavy atom. The maximum atomic E-state index is 11.9. The van der Waals surface area contributed by atoms with E-state index in [1.165, 1.54) is 0 Å². The van der Waals surface area contributed by atoms with Crippen LogP contribution in [0.4, 0.5) is 5.69 Å². The first kappa shape index (κ1) is 14.4. The van der Waals surface area contributed by atoms with E-state index >= 15 is 0 Å². The van der Waals surface area contributed by atoms with Gasteiger partial charge in [-0.15, -0.1) is 0 Å². The van der Waals surface area contributed by atoms with Crippen molar-refractivity contribution in [2.45, 2.75) is 6.54 Å². The molecule has 0 aliphatic carbocycles. The highest BCUT2D eigenvalue weighted by Crippen LogP contribution is 2.06. The first-order valence-electron chi connectivity index (χ1n) is 5.31. The normalized spacial score (nSPS) is 10.2. The van der Waals surface area contributed by atoms with Crippen LogP contribution in [0, 0.1) is 7.14 Å². The summed E-state index contributed by atoms with van der Waals surface area (Å²) in [5, 5.41) is 2.76. The lowest BCUT2D eigenvalue weighted by Gasteiger charge is -2.08. The Kier molecular flexibility index (Phi) is 4.91. The molecule has 19 heavy (non-hydrogen) atoms. The van der Waals surface area contributed by atoms with E-state index in [0.29, 0.717) is 12.8 Å². The number of nitrogens with one attached hydrogen (secondary N) is 1. The standard InChI is InChI=1S/C12H9I2N3O2/c13-9-5-17(6-10(14)12(9)19)7-11(18)16-8-1-3-15-4-2-8/h1-6H,7H2,(H,15,16,18). The van der Waals surface area contributed by atoms with Crippen LogP contribution in [0.5, 0.6) is 0 Å². The highest BCUT2D eigenvalue weighted by atomic mass is 127. The van der Waals surface area contributed by atoms with Gasteiger partial charge in [0.1, 0.15) is 6.54 Å². The Hall–Kier alpha value is -0.970. The van der Waals surface area contributed by atoms with Gasteiger partial charge in [-0.05, 0) is 57.3 Å². The largest absolute Gasteiger partial charge is 0.343 e. The van der Waals surface area contributed by atoms with E-state index in [1.54, 1.807) is 41.5 Å². The molecule has 0 aliphatic rings. The van der Waals surface area contributed by atoms with Gasteiger partial charge in [-0.1, -0.05) is 0 Å². The van der Waals surface area contributed by atoms with Gasteiger partial charge in [0.05, 0.1) is 7.14 Å². The zero-order valence-corrected chi connectivity index (χ0v) is 14.0. The Bertz CT molecular complexity index is 630. The van der Waals surface area contributed by atoms with Gasteiger partial charge >= 0.3 is 0 Å². The second-order valence-electron chi connectivity index (χ2n) is 3.74. The van der Waals surface area contributed by atoms with E-state index in [1.807, 2.05) is 45.2 Å². The minimum absolute atomic E-state index is 0.00741. The summed E-state index contributed by atoms with van der Waals surface area (Å²) in [5.41, 5.74) is 0.692. The van der Waals surface area contributed by atoms with Crippen LogP contribution in [0.2, 0.25) is 0 Å². The number of amides is 1. The molecule has 98 valence electrons. The fourth-order valence-corrected chi connectivity index (χ4v) is 3.27. The number of halogens is 2. The minimum atomic E-state index is -0.151. The van der Waals surface area contributed by atoms with Crippen molar-refractivity contribution in [3.8, 4) is 0 Å². The summed E-state index contributed by atoms with van der Waals surface area (Å²) in [6, 6.07) is 3.44. The van der Waals surface area contributed by atoms with Crippen molar-refractivity contribution in [3.05, 3.63) is 54.3 Å². The van der Waals surface area contributed by atoms with Crippen LogP contribution in [0.3, 0.4) is 0 Å². The molecule has 0 saturated heterocycles. The summed E-state index contributed by atoms with van der Waals surface area (Å²) in [6.07, 6.45) is 6.55. The number of pyridine rings is 2. The van der Waals surface area contributed by atoms with Crippen molar-refractivity contribution in [1.29, 1.82) is 0 Å². The molecule has 0 fully saturated rings. The van der Waals surface area contributed by atoms with Gasteiger partial charge in [-0.25, -0.2) is 0 Å². The highest BCUT2D eigenvalue weighted by molar-refractivity contribution is 14.1. The van der Waals surface area contributed by atoms with Crippen LogP contribution in [-0.2, 0) is 11.3 Å². The molecule has 0 saturated carbocycles. The summed E-state index contributed by atoms with van der Waals surface area (Å²) in [7, 11) is 0. The van der Waals surface area contributed by atoms with E-state index in [4.69, 9.17) is 0 Å². The van der Waals surface area contributed by atoms with Crippen molar-refractivity contribution in [3.63, 3.8) is 0 Å².